The normalized spacial score (nSPS) is 12.8. The quantitative estimate of drug-likeness (QED) is 0.790. The van der Waals surface area contributed by atoms with Crippen molar-refractivity contribution in [3.8, 4) is 0 Å². The van der Waals surface area contributed by atoms with E-state index in [1.807, 2.05) is 0 Å². The van der Waals surface area contributed by atoms with E-state index in [4.69, 9.17) is 0 Å². The molecule has 0 aliphatic rings. The molecule has 1 aromatic rings. The SMILES string of the molecule is CCS(=O)(=O)c1c[c]cc(C(F)(F)F)c1. The molecule has 0 fully saturated rings. The topological polar surface area (TPSA) is 34.1 Å². The van der Waals surface area contributed by atoms with E-state index in [2.05, 4.69) is 6.07 Å². The maximum Gasteiger partial charge on any atom is 0.416 e. The first-order valence-electron chi connectivity index (χ1n) is 4.08. The van der Waals surface area contributed by atoms with Crippen LogP contribution in [-0.4, -0.2) is 14.2 Å². The molecule has 0 bridgehead atoms. The molecule has 0 aromatic heterocycles. The van der Waals surface area contributed by atoms with Gasteiger partial charge in [0.1, 0.15) is 0 Å². The third kappa shape index (κ3) is 2.71. The summed E-state index contributed by atoms with van der Waals surface area (Å²) >= 11 is 0. The molecule has 0 saturated carbocycles. The van der Waals surface area contributed by atoms with Crippen LogP contribution in [-0.2, 0) is 16.0 Å². The maximum atomic E-state index is 12.2. The number of sulfone groups is 1. The van der Waals surface area contributed by atoms with Crippen LogP contribution < -0.4 is 0 Å². The molecule has 6 heteroatoms. The van der Waals surface area contributed by atoms with Gasteiger partial charge in [-0.3, -0.25) is 0 Å². The van der Waals surface area contributed by atoms with E-state index in [1.165, 1.54) is 6.92 Å². The first-order chi connectivity index (χ1) is 6.77. The summed E-state index contributed by atoms with van der Waals surface area (Å²) in [6.45, 7) is 1.37. The van der Waals surface area contributed by atoms with Crippen molar-refractivity contribution in [2.24, 2.45) is 0 Å². The zero-order valence-electron chi connectivity index (χ0n) is 7.80. The molecule has 1 aromatic carbocycles. The first kappa shape index (κ1) is 12.0. The molecule has 83 valence electrons. The molecule has 2 nitrogen and oxygen atoms in total. The predicted octanol–water partition coefficient (Wildman–Crippen LogP) is 2.30. The van der Waals surface area contributed by atoms with E-state index in [9.17, 15) is 21.6 Å². The van der Waals surface area contributed by atoms with Crippen LogP contribution in [0.25, 0.3) is 0 Å². The number of hydrogen-bond donors (Lipinski definition) is 0. The second kappa shape index (κ2) is 3.84. The summed E-state index contributed by atoms with van der Waals surface area (Å²) in [5, 5.41) is 0. The summed E-state index contributed by atoms with van der Waals surface area (Å²) < 4.78 is 59.3. The summed E-state index contributed by atoms with van der Waals surface area (Å²) in [4.78, 5) is -0.347. The van der Waals surface area contributed by atoms with E-state index in [1.54, 1.807) is 0 Å². The van der Waals surface area contributed by atoms with Gasteiger partial charge in [0.05, 0.1) is 16.2 Å². The molecule has 1 radical (unpaired) electrons. The van der Waals surface area contributed by atoms with Gasteiger partial charge in [-0.25, -0.2) is 8.42 Å². The Kier molecular flexibility index (Phi) is 3.08. The van der Waals surface area contributed by atoms with Crippen LogP contribution in [0.5, 0.6) is 0 Å². The first-order valence-corrected chi connectivity index (χ1v) is 5.73. The highest BCUT2D eigenvalue weighted by molar-refractivity contribution is 7.91. The van der Waals surface area contributed by atoms with E-state index in [0.717, 1.165) is 6.07 Å². The fourth-order valence-corrected chi connectivity index (χ4v) is 1.85. The van der Waals surface area contributed by atoms with Crippen LogP contribution in [0.2, 0.25) is 0 Å². The molecule has 0 aliphatic carbocycles. The molecule has 0 saturated heterocycles. The molecule has 0 atom stereocenters. The molecule has 1 rings (SSSR count). The van der Waals surface area contributed by atoms with Gasteiger partial charge in [0.25, 0.3) is 0 Å². The van der Waals surface area contributed by atoms with Gasteiger partial charge in [-0.1, -0.05) is 6.92 Å². The number of halogens is 3. The van der Waals surface area contributed by atoms with Crippen molar-refractivity contribution in [3.05, 3.63) is 29.8 Å². The Hall–Kier alpha value is -1.04. The minimum Gasteiger partial charge on any atom is -0.224 e. The van der Waals surface area contributed by atoms with E-state index in [-0.39, 0.29) is 10.6 Å². The highest BCUT2D eigenvalue weighted by atomic mass is 32.2. The van der Waals surface area contributed by atoms with Crippen LogP contribution in [0.1, 0.15) is 12.5 Å². The zero-order valence-corrected chi connectivity index (χ0v) is 8.61. The lowest BCUT2D eigenvalue weighted by Crippen LogP contribution is -2.08. The van der Waals surface area contributed by atoms with Gasteiger partial charge in [0.2, 0.25) is 0 Å². The minimum absolute atomic E-state index is 0.234. The number of hydrogen-bond acceptors (Lipinski definition) is 2. The highest BCUT2D eigenvalue weighted by Crippen LogP contribution is 2.30. The van der Waals surface area contributed by atoms with E-state index >= 15 is 0 Å². The van der Waals surface area contributed by atoms with Crippen molar-refractivity contribution >= 4 is 9.84 Å². The van der Waals surface area contributed by atoms with Gasteiger partial charge in [-0.2, -0.15) is 13.2 Å². The Bertz CT molecular complexity index is 449. The lowest BCUT2D eigenvalue weighted by atomic mass is 10.2. The lowest BCUT2D eigenvalue weighted by Gasteiger charge is -2.07. The summed E-state index contributed by atoms with van der Waals surface area (Å²) in [6.07, 6.45) is -4.55. The van der Waals surface area contributed by atoms with Gasteiger partial charge in [-0.05, 0) is 24.3 Å². The summed E-state index contributed by atoms with van der Waals surface area (Å²) in [5.41, 5.74) is -1.00. The van der Waals surface area contributed by atoms with Crippen molar-refractivity contribution in [1.29, 1.82) is 0 Å². The van der Waals surface area contributed by atoms with Gasteiger partial charge in [0.15, 0.2) is 9.84 Å². The standard InChI is InChI=1S/C9H8F3O2S/c1-2-15(13,14)8-5-3-4-7(6-8)9(10,11)12/h4-6H,2H2,1H3. The third-order valence-corrected chi connectivity index (χ3v) is 3.54. The third-order valence-electron chi connectivity index (χ3n) is 1.83. The average Bonchev–Trinajstić information content (AvgIpc) is 2.17. The molecule has 15 heavy (non-hydrogen) atoms. The van der Waals surface area contributed by atoms with Gasteiger partial charge in [0, 0.05) is 0 Å². The molecular weight excluding hydrogens is 229 g/mol. The Balaban J connectivity index is 3.27. The Labute approximate surface area is 85.6 Å². The van der Waals surface area contributed by atoms with Gasteiger partial charge < -0.3 is 0 Å². The molecule has 0 spiro atoms. The Morgan fingerprint density at radius 1 is 1.33 bits per heavy atom. The van der Waals surface area contributed by atoms with Crippen molar-refractivity contribution in [2.75, 3.05) is 5.75 Å². The van der Waals surface area contributed by atoms with Crippen LogP contribution in [0.4, 0.5) is 13.2 Å². The van der Waals surface area contributed by atoms with Crippen molar-refractivity contribution in [3.63, 3.8) is 0 Å². The average molecular weight is 237 g/mol. The van der Waals surface area contributed by atoms with Crippen LogP contribution in [0.15, 0.2) is 23.1 Å². The molecule has 0 N–H and O–H groups in total. The van der Waals surface area contributed by atoms with Crippen molar-refractivity contribution < 1.29 is 21.6 Å². The number of rotatable bonds is 2. The fourth-order valence-electron chi connectivity index (χ4n) is 0.960. The van der Waals surface area contributed by atoms with Crippen LogP contribution >= 0.6 is 0 Å². The maximum absolute atomic E-state index is 12.2. The smallest absolute Gasteiger partial charge is 0.224 e. The zero-order chi connectivity index (χ0) is 11.7. The molecule has 0 unspecified atom stereocenters. The summed E-state index contributed by atoms with van der Waals surface area (Å²) in [6, 6.07) is 4.55. The van der Waals surface area contributed by atoms with Crippen molar-refractivity contribution in [2.45, 2.75) is 18.0 Å². The monoisotopic (exact) mass is 237 g/mol. The number of benzene rings is 1. The Morgan fingerprint density at radius 2 is 1.93 bits per heavy atom. The summed E-state index contributed by atoms with van der Waals surface area (Å²) in [7, 11) is -3.61. The van der Waals surface area contributed by atoms with E-state index in [0.29, 0.717) is 12.1 Å². The molecule has 0 heterocycles. The summed E-state index contributed by atoms with van der Waals surface area (Å²) in [5.74, 6) is -0.234. The minimum atomic E-state index is -4.55. The molecule has 0 amide bonds. The predicted molar refractivity (Wildman–Crippen MR) is 48.0 cm³/mol. The fraction of sp³-hybridized carbons (Fsp3) is 0.333. The highest BCUT2D eigenvalue weighted by Gasteiger charge is 2.31. The van der Waals surface area contributed by atoms with Crippen molar-refractivity contribution in [1.82, 2.24) is 0 Å². The van der Waals surface area contributed by atoms with Crippen LogP contribution in [0.3, 0.4) is 0 Å². The second-order valence-electron chi connectivity index (χ2n) is 2.86. The largest absolute Gasteiger partial charge is 0.416 e. The second-order valence-corrected chi connectivity index (χ2v) is 5.14. The van der Waals surface area contributed by atoms with Gasteiger partial charge >= 0.3 is 6.18 Å². The van der Waals surface area contributed by atoms with E-state index < -0.39 is 21.6 Å². The lowest BCUT2D eigenvalue weighted by molar-refractivity contribution is -0.137. The molecule has 0 aliphatic heterocycles. The Morgan fingerprint density at radius 3 is 2.40 bits per heavy atom. The number of alkyl halides is 3. The molecular formula is C9H8F3O2S. The van der Waals surface area contributed by atoms with Crippen LogP contribution in [0, 0.1) is 6.07 Å². The van der Waals surface area contributed by atoms with Gasteiger partial charge in [-0.15, -0.1) is 0 Å².